The normalized spacial score (nSPS) is 12.5. The number of nitrogens with zero attached hydrogens (tertiary/aromatic N) is 2. The zero-order valence-corrected chi connectivity index (χ0v) is 15.8. The van der Waals surface area contributed by atoms with E-state index in [1.54, 1.807) is 29.9 Å². The van der Waals surface area contributed by atoms with Crippen molar-refractivity contribution in [1.29, 1.82) is 0 Å². The molecule has 0 aliphatic heterocycles. The Labute approximate surface area is 158 Å². The number of hydrogen-bond acceptors (Lipinski definition) is 5. The average molecular weight is 367 g/mol. The first-order valence-electron chi connectivity index (χ1n) is 9.05. The van der Waals surface area contributed by atoms with Gasteiger partial charge in [-0.15, -0.1) is 0 Å². The molecule has 0 saturated carbocycles. The molecule has 3 rings (SSSR count). The van der Waals surface area contributed by atoms with Crippen LogP contribution >= 0.6 is 0 Å². The Morgan fingerprint density at radius 3 is 2.67 bits per heavy atom. The number of aliphatic hydroxyl groups is 1. The van der Waals surface area contributed by atoms with Gasteiger partial charge in [0.25, 0.3) is 5.56 Å². The summed E-state index contributed by atoms with van der Waals surface area (Å²) >= 11 is 0. The van der Waals surface area contributed by atoms with Crippen LogP contribution < -0.4 is 15.6 Å². The lowest BCUT2D eigenvalue weighted by Gasteiger charge is -2.15. The van der Waals surface area contributed by atoms with E-state index < -0.39 is 6.10 Å². The molecule has 6 heteroatoms. The molecule has 2 N–H and O–H groups in total. The highest BCUT2D eigenvalue weighted by molar-refractivity contribution is 5.81. The Morgan fingerprint density at radius 2 is 1.96 bits per heavy atom. The molecule has 0 aliphatic carbocycles. The zero-order chi connectivity index (χ0) is 19.4. The standard InChI is InChI=1S/C21H25N3O3/c1-14(2)23-12-16(25)13-27-17-8-6-15(7-9-17)20-11-19-18(5-4-10-22-19)21(26)24(20)3/h4-11,14,16,23,25H,12-13H2,1-3H3. The highest BCUT2D eigenvalue weighted by atomic mass is 16.5. The van der Waals surface area contributed by atoms with E-state index in [0.29, 0.717) is 29.2 Å². The van der Waals surface area contributed by atoms with E-state index in [2.05, 4.69) is 10.3 Å². The van der Waals surface area contributed by atoms with Crippen molar-refractivity contribution in [3.8, 4) is 17.0 Å². The maximum absolute atomic E-state index is 12.5. The van der Waals surface area contributed by atoms with Crippen molar-refractivity contribution in [2.24, 2.45) is 7.05 Å². The van der Waals surface area contributed by atoms with Gasteiger partial charge in [-0.25, -0.2) is 0 Å². The molecule has 1 unspecified atom stereocenters. The van der Waals surface area contributed by atoms with Crippen molar-refractivity contribution >= 4 is 10.9 Å². The maximum Gasteiger partial charge on any atom is 0.260 e. The van der Waals surface area contributed by atoms with Crippen LogP contribution in [-0.2, 0) is 7.05 Å². The summed E-state index contributed by atoms with van der Waals surface area (Å²) in [5, 5.41) is 13.7. The first kappa shape index (κ1) is 19.1. The fourth-order valence-electron chi connectivity index (χ4n) is 2.85. The van der Waals surface area contributed by atoms with Gasteiger partial charge >= 0.3 is 0 Å². The van der Waals surface area contributed by atoms with Crippen LogP contribution in [0.4, 0.5) is 0 Å². The molecule has 0 amide bonds. The van der Waals surface area contributed by atoms with Gasteiger partial charge in [0.2, 0.25) is 0 Å². The molecule has 142 valence electrons. The quantitative estimate of drug-likeness (QED) is 0.670. The fourth-order valence-corrected chi connectivity index (χ4v) is 2.85. The van der Waals surface area contributed by atoms with E-state index in [0.717, 1.165) is 11.3 Å². The number of hydrogen-bond donors (Lipinski definition) is 2. The van der Waals surface area contributed by atoms with Gasteiger partial charge in [0.15, 0.2) is 0 Å². The van der Waals surface area contributed by atoms with Crippen molar-refractivity contribution in [1.82, 2.24) is 14.9 Å². The first-order valence-corrected chi connectivity index (χ1v) is 9.05. The largest absolute Gasteiger partial charge is 0.491 e. The summed E-state index contributed by atoms with van der Waals surface area (Å²) in [5.74, 6) is 0.672. The highest BCUT2D eigenvalue weighted by Crippen LogP contribution is 2.23. The molecule has 0 saturated heterocycles. The van der Waals surface area contributed by atoms with E-state index in [-0.39, 0.29) is 12.2 Å². The monoisotopic (exact) mass is 367 g/mol. The number of fused-ring (bicyclic) bond motifs is 1. The van der Waals surface area contributed by atoms with E-state index in [4.69, 9.17) is 4.74 Å². The van der Waals surface area contributed by atoms with E-state index in [1.807, 2.05) is 44.2 Å². The van der Waals surface area contributed by atoms with Crippen LogP contribution in [0, 0.1) is 0 Å². The Bertz CT molecular complexity index is 965. The van der Waals surface area contributed by atoms with Crippen molar-refractivity contribution in [3.05, 3.63) is 59.0 Å². The molecule has 0 bridgehead atoms. The Morgan fingerprint density at radius 1 is 1.22 bits per heavy atom. The number of rotatable bonds is 7. The third kappa shape index (κ3) is 4.53. The minimum Gasteiger partial charge on any atom is -0.491 e. The van der Waals surface area contributed by atoms with Gasteiger partial charge in [-0.2, -0.15) is 0 Å². The number of nitrogens with one attached hydrogen (secondary N) is 1. The Hall–Kier alpha value is -2.70. The Kier molecular flexibility index (Phi) is 5.88. The Balaban J connectivity index is 1.75. The SMILES string of the molecule is CC(C)NCC(O)COc1ccc(-c2cc3ncccc3c(=O)n2C)cc1. The lowest BCUT2D eigenvalue weighted by atomic mass is 10.1. The smallest absolute Gasteiger partial charge is 0.260 e. The minimum atomic E-state index is -0.570. The van der Waals surface area contributed by atoms with Crippen molar-refractivity contribution < 1.29 is 9.84 Å². The molecule has 0 fully saturated rings. The lowest BCUT2D eigenvalue weighted by Crippen LogP contribution is -2.35. The van der Waals surface area contributed by atoms with Gasteiger partial charge < -0.3 is 19.7 Å². The molecule has 2 aromatic heterocycles. The third-order valence-corrected chi connectivity index (χ3v) is 4.36. The predicted molar refractivity (Wildman–Crippen MR) is 107 cm³/mol. The molecule has 27 heavy (non-hydrogen) atoms. The number of aliphatic hydroxyl groups excluding tert-OH is 1. The van der Waals surface area contributed by atoms with Gasteiger partial charge in [-0.05, 0) is 48.0 Å². The number of ether oxygens (including phenoxy) is 1. The van der Waals surface area contributed by atoms with Crippen LogP contribution in [0.15, 0.2) is 53.5 Å². The molecule has 3 aromatic rings. The number of pyridine rings is 2. The van der Waals surface area contributed by atoms with Crippen LogP contribution in [-0.4, -0.2) is 40.0 Å². The van der Waals surface area contributed by atoms with Crippen LogP contribution in [0.2, 0.25) is 0 Å². The van der Waals surface area contributed by atoms with Gasteiger partial charge in [-0.1, -0.05) is 13.8 Å². The van der Waals surface area contributed by atoms with Crippen LogP contribution in [0.25, 0.3) is 22.2 Å². The second kappa shape index (κ2) is 8.33. The fraction of sp³-hybridized carbons (Fsp3) is 0.333. The number of aromatic nitrogens is 2. The van der Waals surface area contributed by atoms with Gasteiger partial charge in [0.1, 0.15) is 18.5 Å². The molecule has 0 aliphatic rings. The summed E-state index contributed by atoms with van der Waals surface area (Å²) in [6, 6.07) is 13.3. The minimum absolute atomic E-state index is 0.0725. The second-order valence-electron chi connectivity index (χ2n) is 6.88. The zero-order valence-electron chi connectivity index (χ0n) is 15.8. The van der Waals surface area contributed by atoms with Crippen LogP contribution in [0.3, 0.4) is 0 Å². The van der Waals surface area contributed by atoms with Gasteiger partial charge in [0, 0.05) is 25.8 Å². The van der Waals surface area contributed by atoms with Crippen molar-refractivity contribution in [2.75, 3.05) is 13.2 Å². The molecule has 6 nitrogen and oxygen atoms in total. The maximum atomic E-state index is 12.5. The van der Waals surface area contributed by atoms with Gasteiger partial charge in [0.05, 0.1) is 16.6 Å². The summed E-state index contributed by atoms with van der Waals surface area (Å²) in [6.07, 6.45) is 1.11. The third-order valence-electron chi connectivity index (χ3n) is 4.36. The van der Waals surface area contributed by atoms with Crippen molar-refractivity contribution in [2.45, 2.75) is 26.0 Å². The van der Waals surface area contributed by atoms with Crippen LogP contribution in [0.5, 0.6) is 5.75 Å². The molecule has 0 radical (unpaired) electrons. The predicted octanol–water partition coefficient (Wildman–Crippen LogP) is 2.34. The molecule has 1 atom stereocenters. The molecular formula is C21H25N3O3. The first-order chi connectivity index (χ1) is 13.0. The number of benzene rings is 1. The summed E-state index contributed by atoms with van der Waals surface area (Å²) < 4.78 is 7.27. The topological polar surface area (TPSA) is 76.4 Å². The lowest BCUT2D eigenvalue weighted by molar-refractivity contribution is 0.104. The van der Waals surface area contributed by atoms with E-state index >= 15 is 0 Å². The second-order valence-corrected chi connectivity index (χ2v) is 6.88. The summed E-state index contributed by atoms with van der Waals surface area (Å²) in [7, 11) is 1.76. The highest BCUT2D eigenvalue weighted by Gasteiger charge is 2.10. The molecule has 0 spiro atoms. The summed E-state index contributed by atoms with van der Waals surface area (Å²) in [4.78, 5) is 16.8. The van der Waals surface area contributed by atoms with Gasteiger partial charge in [-0.3, -0.25) is 9.78 Å². The molecule has 2 heterocycles. The summed E-state index contributed by atoms with van der Waals surface area (Å²) in [6.45, 7) is 4.77. The van der Waals surface area contributed by atoms with Crippen molar-refractivity contribution in [3.63, 3.8) is 0 Å². The summed E-state index contributed by atoms with van der Waals surface area (Å²) in [5.41, 5.74) is 2.30. The molecular weight excluding hydrogens is 342 g/mol. The average Bonchev–Trinajstić information content (AvgIpc) is 2.68. The van der Waals surface area contributed by atoms with E-state index in [9.17, 15) is 9.90 Å². The van der Waals surface area contributed by atoms with E-state index in [1.165, 1.54) is 0 Å². The van der Waals surface area contributed by atoms with Crippen LogP contribution in [0.1, 0.15) is 13.8 Å². The molecule has 1 aromatic carbocycles.